The molecular formula is C27H23NO7. The highest BCUT2D eigenvalue weighted by molar-refractivity contribution is 6.22. The van der Waals surface area contributed by atoms with Gasteiger partial charge in [-0.25, -0.2) is 0 Å². The van der Waals surface area contributed by atoms with Crippen LogP contribution in [0, 0.1) is 11.8 Å². The molecule has 0 radical (unpaired) electrons. The fraction of sp³-hybridized carbons (Fsp3) is 0.222. The summed E-state index contributed by atoms with van der Waals surface area (Å²) in [5.41, 5.74) is 4.08. The number of aliphatic hydroxyl groups excluding tert-OH is 2. The van der Waals surface area contributed by atoms with Gasteiger partial charge in [-0.15, -0.1) is 0 Å². The minimum Gasteiger partial charge on any atom is -0.508 e. The number of fused-ring (bicyclic) bond motifs is 3. The molecule has 3 aliphatic carbocycles. The molecule has 1 saturated carbocycles. The number of carbonyl (C=O) groups is 3. The van der Waals surface area contributed by atoms with Gasteiger partial charge in [0.05, 0.1) is 5.56 Å². The van der Waals surface area contributed by atoms with Crippen LogP contribution in [-0.2, 0) is 20.8 Å². The molecule has 3 atom stereocenters. The van der Waals surface area contributed by atoms with Crippen LogP contribution < -0.4 is 5.73 Å². The summed E-state index contributed by atoms with van der Waals surface area (Å²) in [4.78, 5) is 37.7. The number of hydrogen-bond donors (Lipinski definition) is 5. The molecule has 0 bridgehead atoms. The quantitative estimate of drug-likeness (QED) is 0.338. The fourth-order valence-electron chi connectivity index (χ4n) is 5.55. The predicted octanol–water partition coefficient (Wildman–Crippen LogP) is 2.59. The molecule has 0 heterocycles. The van der Waals surface area contributed by atoms with Crippen molar-refractivity contribution < 1.29 is 34.8 Å². The van der Waals surface area contributed by atoms with Crippen LogP contribution in [0.25, 0.3) is 17.9 Å². The van der Waals surface area contributed by atoms with Crippen LogP contribution in [-0.4, -0.2) is 43.5 Å². The standard InChI is InChI=1S/C27H23NO7/c28-26(34)22-19(30)12-16-10-15-11-17-14(7-6-13-4-2-1-3-5-13)8-9-18(29)21(17)23(31)20(15)24(32)27(16,35)25(22)33/h1-9,15-16,29,31,33,35H,10-12H2,(H2,28,34)/b7-6+. The zero-order chi connectivity index (χ0) is 25.1. The van der Waals surface area contributed by atoms with E-state index in [1.54, 1.807) is 6.07 Å². The van der Waals surface area contributed by atoms with Gasteiger partial charge in [0.1, 0.15) is 22.8 Å². The lowest BCUT2D eigenvalue weighted by atomic mass is 9.59. The molecule has 5 rings (SSSR count). The summed E-state index contributed by atoms with van der Waals surface area (Å²) < 4.78 is 0. The highest BCUT2D eigenvalue weighted by Crippen LogP contribution is 2.52. The smallest absolute Gasteiger partial charge is 0.255 e. The first-order valence-corrected chi connectivity index (χ1v) is 11.2. The molecule has 35 heavy (non-hydrogen) atoms. The topological polar surface area (TPSA) is 158 Å². The second kappa shape index (κ2) is 7.95. The van der Waals surface area contributed by atoms with E-state index in [4.69, 9.17) is 5.73 Å². The van der Waals surface area contributed by atoms with Gasteiger partial charge >= 0.3 is 0 Å². The van der Waals surface area contributed by atoms with Gasteiger partial charge in [0.25, 0.3) is 5.91 Å². The van der Waals surface area contributed by atoms with Crippen molar-refractivity contribution in [2.45, 2.75) is 24.9 Å². The van der Waals surface area contributed by atoms with Gasteiger partial charge in [0, 0.05) is 17.9 Å². The van der Waals surface area contributed by atoms with Gasteiger partial charge < -0.3 is 26.2 Å². The summed E-state index contributed by atoms with van der Waals surface area (Å²) >= 11 is 0. The number of aliphatic hydroxyl groups is 3. The maximum atomic E-state index is 13.5. The number of hydrogen-bond acceptors (Lipinski definition) is 7. The first-order chi connectivity index (χ1) is 16.6. The molecule has 1 fully saturated rings. The molecule has 3 unspecified atom stereocenters. The van der Waals surface area contributed by atoms with Crippen LogP contribution in [0.4, 0.5) is 0 Å². The van der Waals surface area contributed by atoms with Gasteiger partial charge in [-0.2, -0.15) is 0 Å². The van der Waals surface area contributed by atoms with E-state index in [-0.39, 0.29) is 36.1 Å². The van der Waals surface area contributed by atoms with Gasteiger partial charge in [0.2, 0.25) is 5.78 Å². The van der Waals surface area contributed by atoms with Crippen molar-refractivity contribution in [3.05, 3.63) is 81.6 Å². The summed E-state index contributed by atoms with van der Waals surface area (Å²) in [5.74, 6) is -6.36. The number of ketones is 2. The highest BCUT2D eigenvalue weighted by Gasteiger charge is 2.60. The Balaban J connectivity index is 1.64. The zero-order valence-corrected chi connectivity index (χ0v) is 18.6. The number of nitrogens with two attached hydrogens (primary N) is 1. The first-order valence-electron chi connectivity index (χ1n) is 11.2. The molecule has 8 nitrogen and oxygen atoms in total. The summed E-state index contributed by atoms with van der Waals surface area (Å²) in [6.45, 7) is 0. The van der Waals surface area contributed by atoms with E-state index in [1.807, 2.05) is 42.5 Å². The van der Waals surface area contributed by atoms with Crippen molar-refractivity contribution in [3.8, 4) is 5.75 Å². The Bertz CT molecular complexity index is 1390. The van der Waals surface area contributed by atoms with E-state index in [9.17, 15) is 34.8 Å². The summed E-state index contributed by atoms with van der Waals surface area (Å²) in [7, 11) is 0. The van der Waals surface area contributed by atoms with Crippen LogP contribution in [0.5, 0.6) is 5.75 Å². The average Bonchev–Trinajstić information content (AvgIpc) is 2.81. The predicted molar refractivity (Wildman–Crippen MR) is 127 cm³/mol. The maximum absolute atomic E-state index is 13.5. The number of Topliss-reactive ketones (excluding diaryl/α,β-unsaturated/α-hetero) is 2. The molecule has 2 aromatic carbocycles. The second-order valence-corrected chi connectivity index (χ2v) is 9.18. The summed E-state index contributed by atoms with van der Waals surface area (Å²) in [5, 5.41) is 43.6. The summed E-state index contributed by atoms with van der Waals surface area (Å²) in [6.07, 6.45) is 3.76. The van der Waals surface area contributed by atoms with Crippen molar-refractivity contribution in [1.82, 2.24) is 0 Å². The van der Waals surface area contributed by atoms with E-state index in [0.29, 0.717) is 5.56 Å². The third kappa shape index (κ3) is 3.29. The van der Waals surface area contributed by atoms with Crippen LogP contribution in [0.3, 0.4) is 0 Å². The molecular weight excluding hydrogens is 450 g/mol. The molecule has 0 spiro atoms. The van der Waals surface area contributed by atoms with Crippen molar-refractivity contribution in [2.75, 3.05) is 0 Å². The van der Waals surface area contributed by atoms with Crippen LogP contribution >= 0.6 is 0 Å². The average molecular weight is 473 g/mol. The molecule has 2 aromatic rings. The van der Waals surface area contributed by atoms with Gasteiger partial charge in [-0.05, 0) is 41.5 Å². The van der Waals surface area contributed by atoms with Crippen LogP contribution in [0.2, 0.25) is 0 Å². The van der Waals surface area contributed by atoms with Gasteiger partial charge in [-0.3, -0.25) is 14.4 Å². The monoisotopic (exact) mass is 473 g/mol. The Morgan fingerprint density at radius 2 is 1.71 bits per heavy atom. The molecule has 1 amide bonds. The molecule has 8 heteroatoms. The van der Waals surface area contributed by atoms with Crippen LogP contribution in [0.15, 0.2) is 59.4 Å². The van der Waals surface area contributed by atoms with E-state index in [0.717, 1.165) is 11.1 Å². The van der Waals surface area contributed by atoms with Gasteiger partial charge in [0.15, 0.2) is 11.4 Å². The Kier molecular flexibility index (Phi) is 5.14. The van der Waals surface area contributed by atoms with Crippen molar-refractivity contribution in [2.24, 2.45) is 17.6 Å². The molecule has 0 aromatic heterocycles. The molecule has 0 saturated heterocycles. The van der Waals surface area contributed by atoms with E-state index < -0.39 is 52.0 Å². The van der Waals surface area contributed by atoms with Crippen LogP contribution in [0.1, 0.15) is 35.1 Å². The largest absolute Gasteiger partial charge is 0.508 e. The molecule has 0 aliphatic heterocycles. The lowest BCUT2D eigenvalue weighted by Gasteiger charge is -2.46. The Labute approximate surface area is 200 Å². The van der Waals surface area contributed by atoms with Crippen molar-refractivity contribution in [1.29, 1.82) is 0 Å². The Morgan fingerprint density at radius 1 is 1.00 bits per heavy atom. The number of aromatic hydroxyl groups is 1. The first kappa shape index (κ1) is 22.6. The minimum absolute atomic E-state index is 0.0762. The normalized spacial score (nSPS) is 26.0. The zero-order valence-electron chi connectivity index (χ0n) is 18.6. The molecule has 178 valence electrons. The van der Waals surface area contributed by atoms with Crippen molar-refractivity contribution >= 4 is 35.4 Å². The summed E-state index contributed by atoms with van der Waals surface area (Å²) in [6, 6.07) is 12.7. The number of amides is 1. The Morgan fingerprint density at radius 3 is 2.40 bits per heavy atom. The second-order valence-electron chi connectivity index (χ2n) is 9.18. The van der Waals surface area contributed by atoms with E-state index in [1.165, 1.54) is 6.07 Å². The highest BCUT2D eigenvalue weighted by atomic mass is 16.3. The number of carbonyl (C=O) groups excluding carboxylic acids is 3. The SMILES string of the molecule is NC(=O)C1=C(O)C2(O)C(=O)C3=C(O)c4c(O)ccc(/C=C/c5ccccc5)c4CC3CC2CC1=O. The maximum Gasteiger partial charge on any atom is 0.255 e. The lowest BCUT2D eigenvalue weighted by Crippen LogP contribution is -2.58. The third-order valence-electron chi connectivity index (χ3n) is 7.24. The lowest BCUT2D eigenvalue weighted by molar-refractivity contribution is -0.147. The third-order valence-corrected chi connectivity index (χ3v) is 7.24. The molecule has 3 aliphatic rings. The number of phenolic OH excluding ortho intramolecular Hbond substituents is 1. The minimum atomic E-state index is -2.56. The number of phenols is 1. The Hall–Kier alpha value is -4.17. The number of benzene rings is 2. The number of primary amides is 1. The number of rotatable bonds is 3. The van der Waals surface area contributed by atoms with E-state index in [2.05, 4.69) is 0 Å². The van der Waals surface area contributed by atoms with E-state index >= 15 is 0 Å². The van der Waals surface area contributed by atoms with Crippen molar-refractivity contribution in [3.63, 3.8) is 0 Å². The molecule has 6 N–H and O–H groups in total. The van der Waals surface area contributed by atoms with Gasteiger partial charge in [-0.1, -0.05) is 48.6 Å². The fourth-order valence-corrected chi connectivity index (χ4v) is 5.55.